The minimum absolute atomic E-state index is 0.00558. The maximum Gasteiger partial charge on any atom is 0.231 e. The summed E-state index contributed by atoms with van der Waals surface area (Å²) in [6, 6.07) is 3.83. The lowest BCUT2D eigenvalue weighted by Crippen LogP contribution is -2.30. The number of aromatic nitrogens is 4. The van der Waals surface area contributed by atoms with Gasteiger partial charge in [0.1, 0.15) is 6.33 Å². The van der Waals surface area contributed by atoms with Crippen LogP contribution in [0.5, 0.6) is 11.5 Å². The molecule has 1 aliphatic heterocycles. The molecule has 2 aromatic heterocycles. The van der Waals surface area contributed by atoms with Gasteiger partial charge in [0.05, 0.1) is 5.75 Å². The third-order valence-corrected chi connectivity index (χ3v) is 8.40. The van der Waals surface area contributed by atoms with Crippen LogP contribution >= 0.6 is 34.4 Å². The summed E-state index contributed by atoms with van der Waals surface area (Å²) in [6.07, 6.45) is 1.78. The van der Waals surface area contributed by atoms with Gasteiger partial charge in [-0.1, -0.05) is 25.6 Å². The molecule has 0 spiro atoms. The van der Waals surface area contributed by atoms with Crippen LogP contribution in [-0.2, 0) is 16.6 Å². The van der Waals surface area contributed by atoms with Crippen molar-refractivity contribution in [1.82, 2.24) is 24.2 Å². The van der Waals surface area contributed by atoms with Crippen molar-refractivity contribution in [3.8, 4) is 11.5 Å². The highest BCUT2D eigenvalue weighted by atomic mass is 127. The van der Waals surface area contributed by atoms with Crippen molar-refractivity contribution in [2.75, 3.05) is 24.8 Å². The van der Waals surface area contributed by atoms with Crippen molar-refractivity contribution < 1.29 is 17.9 Å². The first-order valence-corrected chi connectivity index (χ1v) is 13.5. The van der Waals surface area contributed by atoms with E-state index in [9.17, 15) is 8.42 Å². The fraction of sp³-hybridized carbons (Fsp3) is 0.421. The number of nitrogens with zero attached hydrogens (tertiary/aromatic N) is 4. The van der Waals surface area contributed by atoms with Crippen LogP contribution in [0.25, 0.3) is 11.2 Å². The third-order valence-electron chi connectivity index (χ3n) is 4.66. The predicted molar refractivity (Wildman–Crippen MR) is 130 cm³/mol. The first-order chi connectivity index (χ1) is 15.2. The Morgan fingerprint density at radius 2 is 2.03 bits per heavy atom. The van der Waals surface area contributed by atoms with E-state index in [4.69, 9.17) is 15.2 Å². The largest absolute Gasteiger partial charge is 0.454 e. The number of benzene rings is 1. The number of imidazole rings is 1. The van der Waals surface area contributed by atoms with Crippen LogP contribution < -0.4 is 19.9 Å². The minimum Gasteiger partial charge on any atom is -0.454 e. The number of nitrogens with one attached hydrogen (secondary N) is 1. The van der Waals surface area contributed by atoms with Crippen molar-refractivity contribution in [3.63, 3.8) is 0 Å². The Kier molecular flexibility index (Phi) is 6.97. The number of nitrogens with two attached hydrogens (primary N) is 1. The topological polar surface area (TPSA) is 134 Å². The summed E-state index contributed by atoms with van der Waals surface area (Å²) < 4.78 is 41.0. The van der Waals surface area contributed by atoms with Gasteiger partial charge in [0.25, 0.3) is 0 Å². The molecule has 0 bridgehead atoms. The fourth-order valence-electron chi connectivity index (χ4n) is 3.07. The van der Waals surface area contributed by atoms with Crippen LogP contribution in [0.15, 0.2) is 28.5 Å². The maximum atomic E-state index is 12.3. The second-order valence-corrected chi connectivity index (χ2v) is 11.7. The summed E-state index contributed by atoms with van der Waals surface area (Å²) in [5, 5.41) is 0.650. The molecule has 0 aliphatic carbocycles. The molecule has 13 heteroatoms. The zero-order valence-electron chi connectivity index (χ0n) is 17.5. The second kappa shape index (κ2) is 9.57. The van der Waals surface area contributed by atoms with Gasteiger partial charge >= 0.3 is 0 Å². The van der Waals surface area contributed by atoms with Crippen LogP contribution in [0.1, 0.15) is 20.3 Å². The van der Waals surface area contributed by atoms with E-state index in [0.717, 1.165) is 8.47 Å². The number of aryl methyl sites for hydroxylation is 1. The molecule has 0 amide bonds. The number of fused-ring (bicyclic) bond motifs is 2. The highest BCUT2D eigenvalue weighted by Gasteiger charge is 2.21. The minimum atomic E-state index is -3.36. The first-order valence-electron chi connectivity index (χ1n) is 9.94. The second-order valence-electron chi connectivity index (χ2n) is 7.63. The molecule has 0 atom stereocenters. The molecule has 0 unspecified atom stereocenters. The Hall–Kier alpha value is -1.84. The number of hydrogen-bond acceptors (Lipinski definition) is 9. The van der Waals surface area contributed by atoms with Crippen molar-refractivity contribution >= 4 is 61.4 Å². The van der Waals surface area contributed by atoms with Gasteiger partial charge in [0.15, 0.2) is 33.6 Å². The molecule has 4 rings (SSSR count). The monoisotopic (exact) mass is 590 g/mol. The summed E-state index contributed by atoms with van der Waals surface area (Å²) in [6.45, 7) is 4.96. The quantitative estimate of drug-likeness (QED) is 0.361. The molecule has 3 heterocycles. The summed E-state index contributed by atoms with van der Waals surface area (Å²) in [7, 11) is -3.36. The molecular formula is C19H23IN6O4S2. The van der Waals surface area contributed by atoms with Crippen molar-refractivity contribution in [3.05, 3.63) is 22.0 Å². The zero-order chi connectivity index (χ0) is 22.9. The van der Waals surface area contributed by atoms with E-state index >= 15 is 0 Å². The maximum absolute atomic E-state index is 12.3. The van der Waals surface area contributed by atoms with E-state index in [1.807, 2.05) is 30.5 Å². The molecule has 10 nitrogen and oxygen atoms in total. The zero-order valence-corrected chi connectivity index (χ0v) is 21.3. The summed E-state index contributed by atoms with van der Waals surface area (Å²) >= 11 is 3.67. The molecule has 0 radical (unpaired) electrons. The number of ether oxygens (including phenoxy) is 2. The fourth-order valence-corrected chi connectivity index (χ4v) is 6.02. The Bertz CT molecular complexity index is 1250. The molecule has 1 aromatic carbocycles. The van der Waals surface area contributed by atoms with Crippen LogP contribution in [0, 0.1) is 9.49 Å². The van der Waals surface area contributed by atoms with E-state index in [-0.39, 0.29) is 24.3 Å². The predicted octanol–water partition coefficient (Wildman–Crippen LogP) is 2.86. The van der Waals surface area contributed by atoms with Crippen LogP contribution in [0.3, 0.4) is 0 Å². The molecule has 3 aromatic rings. The molecule has 3 N–H and O–H groups in total. The molecule has 0 saturated heterocycles. The molecule has 0 saturated carbocycles. The molecular weight excluding hydrogens is 567 g/mol. The highest BCUT2D eigenvalue weighted by molar-refractivity contribution is 14.1. The number of hydrogen-bond donors (Lipinski definition) is 2. The van der Waals surface area contributed by atoms with Gasteiger partial charge in [-0.2, -0.15) is 0 Å². The van der Waals surface area contributed by atoms with Gasteiger partial charge in [-0.15, -0.1) is 0 Å². The van der Waals surface area contributed by atoms with Crippen LogP contribution in [0.2, 0.25) is 0 Å². The van der Waals surface area contributed by atoms with Crippen molar-refractivity contribution in [1.29, 1.82) is 0 Å². The third kappa shape index (κ3) is 5.21. The Morgan fingerprint density at radius 3 is 2.78 bits per heavy atom. The van der Waals surface area contributed by atoms with E-state index in [1.165, 1.54) is 18.1 Å². The lowest BCUT2D eigenvalue weighted by molar-refractivity contribution is 0.174. The van der Waals surface area contributed by atoms with Crippen LogP contribution in [-0.4, -0.2) is 47.0 Å². The van der Waals surface area contributed by atoms with Gasteiger partial charge in [0, 0.05) is 21.6 Å². The molecule has 172 valence electrons. The molecule has 1 aliphatic rings. The van der Waals surface area contributed by atoms with Crippen molar-refractivity contribution in [2.45, 2.75) is 36.9 Å². The number of sulfonamides is 1. The number of halogens is 1. The molecule has 32 heavy (non-hydrogen) atoms. The highest BCUT2D eigenvalue weighted by Crippen LogP contribution is 2.41. The summed E-state index contributed by atoms with van der Waals surface area (Å²) in [4.78, 5) is 14.0. The standard InChI is InChI=1S/C19H23IN6O4S2/c1-11(2)8-24-32(27,28)5-3-4-26-18-16(17(21)22-9-23-18)25-19(26)31-15-7-14-13(6-12(15)20)29-10-30-14/h6-7,9,11,24H,3-5,8,10H2,1-2H3,(H2,21,22,23). The van der Waals surface area contributed by atoms with Gasteiger partial charge in [-0.05, 0) is 47.1 Å². The van der Waals surface area contributed by atoms with E-state index in [1.54, 1.807) is 0 Å². The first kappa shape index (κ1) is 23.3. The Morgan fingerprint density at radius 1 is 1.28 bits per heavy atom. The summed E-state index contributed by atoms with van der Waals surface area (Å²) in [5.74, 6) is 1.92. The average Bonchev–Trinajstić information content (AvgIpc) is 3.32. The SMILES string of the molecule is CC(C)CNS(=O)(=O)CCCn1c(Sc2cc3c(cc2I)OCO3)nc2c(N)ncnc21. The number of nitrogen functional groups attached to an aromatic ring is 1. The lowest BCUT2D eigenvalue weighted by Gasteiger charge is -2.11. The van der Waals surface area contributed by atoms with Gasteiger partial charge in [0.2, 0.25) is 16.8 Å². The smallest absolute Gasteiger partial charge is 0.231 e. The van der Waals surface area contributed by atoms with E-state index in [2.05, 4.69) is 42.3 Å². The van der Waals surface area contributed by atoms with Crippen molar-refractivity contribution in [2.24, 2.45) is 5.92 Å². The normalized spacial score (nSPS) is 13.4. The van der Waals surface area contributed by atoms with Gasteiger partial charge in [-0.25, -0.2) is 28.1 Å². The van der Waals surface area contributed by atoms with Gasteiger partial charge in [-0.3, -0.25) is 0 Å². The number of anilines is 1. The summed E-state index contributed by atoms with van der Waals surface area (Å²) in [5.41, 5.74) is 7.09. The molecule has 0 fully saturated rings. The lowest BCUT2D eigenvalue weighted by atomic mass is 10.2. The van der Waals surface area contributed by atoms with E-state index < -0.39 is 10.0 Å². The van der Waals surface area contributed by atoms with Crippen LogP contribution in [0.4, 0.5) is 5.82 Å². The van der Waals surface area contributed by atoms with Gasteiger partial charge < -0.3 is 19.8 Å². The Balaban J connectivity index is 1.59. The number of rotatable bonds is 9. The van der Waals surface area contributed by atoms with E-state index in [0.29, 0.717) is 47.3 Å². The average molecular weight is 590 g/mol. The Labute approximate surface area is 203 Å².